The number of benzene rings is 2. The van der Waals surface area contributed by atoms with Crippen LogP contribution in [-0.4, -0.2) is 45.4 Å². The Morgan fingerprint density at radius 3 is 2.45 bits per heavy atom. The zero-order chi connectivity index (χ0) is 21.2. The molecule has 0 bridgehead atoms. The van der Waals surface area contributed by atoms with E-state index in [4.69, 9.17) is 14.2 Å². The van der Waals surface area contributed by atoms with E-state index in [0.29, 0.717) is 22.8 Å². The summed E-state index contributed by atoms with van der Waals surface area (Å²) in [6, 6.07) is 10.8. The highest BCUT2D eigenvalue weighted by Gasteiger charge is 2.09. The highest BCUT2D eigenvalue weighted by atomic mass is 79.9. The second-order valence-corrected chi connectivity index (χ2v) is 6.71. The SMILES string of the molecule is COc1cc(Br)c(/C=N\NC(=O)CNC(=O)COc2ccccc2C)cc1OC. The summed E-state index contributed by atoms with van der Waals surface area (Å²) in [6.45, 7) is 1.48. The third kappa shape index (κ3) is 6.79. The normalized spacial score (nSPS) is 10.5. The number of rotatable bonds is 9. The third-order valence-corrected chi connectivity index (χ3v) is 4.48. The van der Waals surface area contributed by atoms with Gasteiger partial charge in [0, 0.05) is 10.0 Å². The molecule has 0 aliphatic heterocycles. The minimum Gasteiger partial charge on any atom is -0.493 e. The number of carbonyl (C=O) groups excluding carboxylic acids is 2. The van der Waals surface area contributed by atoms with E-state index in [1.54, 1.807) is 25.3 Å². The van der Waals surface area contributed by atoms with Crippen LogP contribution in [0.15, 0.2) is 46.0 Å². The molecule has 154 valence electrons. The number of aryl methyl sites for hydroxylation is 1. The van der Waals surface area contributed by atoms with Crippen LogP contribution in [0.25, 0.3) is 0 Å². The van der Waals surface area contributed by atoms with E-state index in [1.807, 2.05) is 25.1 Å². The van der Waals surface area contributed by atoms with E-state index in [0.717, 1.165) is 10.0 Å². The van der Waals surface area contributed by atoms with Crippen molar-refractivity contribution in [3.05, 3.63) is 52.0 Å². The van der Waals surface area contributed by atoms with Crippen molar-refractivity contribution >= 4 is 34.0 Å². The maximum Gasteiger partial charge on any atom is 0.259 e. The molecule has 0 aliphatic carbocycles. The van der Waals surface area contributed by atoms with Gasteiger partial charge in [-0.1, -0.05) is 18.2 Å². The molecule has 2 aromatic carbocycles. The van der Waals surface area contributed by atoms with Crippen molar-refractivity contribution in [2.24, 2.45) is 5.10 Å². The molecule has 0 aliphatic rings. The van der Waals surface area contributed by atoms with E-state index in [-0.39, 0.29) is 13.2 Å². The lowest BCUT2D eigenvalue weighted by molar-refractivity contribution is -0.127. The molecule has 29 heavy (non-hydrogen) atoms. The molecule has 0 fully saturated rings. The molecule has 0 saturated heterocycles. The molecule has 8 nitrogen and oxygen atoms in total. The first kappa shape index (κ1) is 22.2. The van der Waals surface area contributed by atoms with Gasteiger partial charge < -0.3 is 19.5 Å². The smallest absolute Gasteiger partial charge is 0.259 e. The molecule has 0 spiro atoms. The lowest BCUT2D eigenvalue weighted by Gasteiger charge is -2.10. The Kier molecular flexibility index (Phi) is 8.47. The van der Waals surface area contributed by atoms with Crippen molar-refractivity contribution in [3.8, 4) is 17.2 Å². The van der Waals surface area contributed by atoms with Crippen LogP contribution in [0.1, 0.15) is 11.1 Å². The first-order valence-electron chi connectivity index (χ1n) is 8.63. The summed E-state index contributed by atoms with van der Waals surface area (Å²) >= 11 is 3.40. The average Bonchev–Trinajstić information content (AvgIpc) is 2.72. The van der Waals surface area contributed by atoms with Crippen LogP contribution in [0.4, 0.5) is 0 Å². The number of amides is 2. The third-order valence-electron chi connectivity index (χ3n) is 3.79. The number of hydrazone groups is 1. The highest BCUT2D eigenvalue weighted by Crippen LogP contribution is 2.32. The van der Waals surface area contributed by atoms with Gasteiger partial charge in [0.05, 0.1) is 27.0 Å². The summed E-state index contributed by atoms with van der Waals surface area (Å²) in [5, 5.41) is 6.35. The first-order chi connectivity index (χ1) is 13.9. The molecule has 0 radical (unpaired) electrons. The summed E-state index contributed by atoms with van der Waals surface area (Å²) in [5.74, 6) is 0.842. The Morgan fingerprint density at radius 1 is 1.07 bits per heavy atom. The number of carbonyl (C=O) groups is 2. The fourth-order valence-corrected chi connectivity index (χ4v) is 2.70. The van der Waals surface area contributed by atoms with Gasteiger partial charge >= 0.3 is 0 Å². The van der Waals surface area contributed by atoms with Gasteiger partial charge in [0.15, 0.2) is 18.1 Å². The molecule has 0 heterocycles. The van der Waals surface area contributed by atoms with Gasteiger partial charge in [-0.25, -0.2) is 5.43 Å². The standard InChI is InChI=1S/C20H22BrN3O5/c1-13-6-4-5-7-16(13)29-12-20(26)22-11-19(25)24-23-10-14-8-17(27-2)18(28-3)9-15(14)21/h4-10H,11-12H2,1-3H3,(H,22,26)(H,24,25)/b23-10-. The summed E-state index contributed by atoms with van der Waals surface area (Å²) < 4.78 is 16.6. The quantitative estimate of drug-likeness (QED) is 0.439. The monoisotopic (exact) mass is 463 g/mol. The number of hydrogen-bond acceptors (Lipinski definition) is 6. The molecule has 0 saturated carbocycles. The van der Waals surface area contributed by atoms with Crippen LogP contribution in [0, 0.1) is 6.92 Å². The van der Waals surface area contributed by atoms with Gasteiger partial charge in [0.25, 0.3) is 11.8 Å². The van der Waals surface area contributed by atoms with E-state index in [1.165, 1.54) is 13.3 Å². The summed E-state index contributed by atoms with van der Waals surface area (Å²) in [4.78, 5) is 23.7. The molecule has 2 N–H and O–H groups in total. The van der Waals surface area contributed by atoms with Gasteiger partial charge in [-0.2, -0.15) is 5.10 Å². The van der Waals surface area contributed by atoms with E-state index >= 15 is 0 Å². The number of halogens is 1. The van der Waals surface area contributed by atoms with Crippen molar-refractivity contribution in [2.45, 2.75) is 6.92 Å². The van der Waals surface area contributed by atoms with Crippen molar-refractivity contribution in [1.82, 2.24) is 10.7 Å². The maximum atomic E-state index is 11.8. The number of hydrogen-bond donors (Lipinski definition) is 2. The Labute approximate surface area is 177 Å². The Balaban J connectivity index is 1.79. The largest absolute Gasteiger partial charge is 0.493 e. The van der Waals surface area contributed by atoms with Gasteiger partial charge in [0.2, 0.25) is 0 Å². The van der Waals surface area contributed by atoms with Gasteiger partial charge in [0.1, 0.15) is 5.75 Å². The van der Waals surface area contributed by atoms with E-state index in [9.17, 15) is 9.59 Å². The minimum atomic E-state index is -0.470. The Hall–Kier alpha value is -3.07. The molecule has 0 aromatic heterocycles. The predicted octanol–water partition coefficient (Wildman–Crippen LogP) is 2.42. The number of methoxy groups -OCH3 is 2. The van der Waals surface area contributed by atoms with Gasteiger partial charge in [-0.15, -0.1) is 0 Å². The molecule has 2 amide bonds. The van der Waals surface area contributed by atoms with Crippen LogP contribution in [0.5, 0.6) is 17.2 Å². The second kappa shape index (κ2) is 11.1. The Bertz CT molecular complexity index is 902. The van der Waals surface area contributed by atoms with E-state index in [2.05, 4.69) is 31.8 Å². The molecule has 2 rings (SSSR count). The summed E-state index contributed by atoms with van der Waals surface area (Å²) in [7, 11) is 3.07. The van der Waals surface area contributed by atoms with Gasteiger partial charge in [-0.05, 0) is 46.6 Å². The van der Waals surface area contributed by atoms with Gasteiger partial charge in [-0.3, -0.25) is 9.59 Å². The Morgan fingerprint density at radius 2 is 1.76 bits per heavy atom. The zero-order valence-electron chi connectivity index (χ0n) is 16.3. The van der Waals surface area contributed by atoms with E-state index < -0.39 is 11.8 Å². The predicted molar refractivity (Wildman–Crippen MR) is 113 cm³/mol. The van der Waals surface area contributed by atoms with Crippen LogP contribution in [-0.2, 0) is 9.59 Å². The fourth-order valence-electron chi connectivity index (χ4n) is 2.27. The minimum absolute atomic E-state index is 0.181. The lowest BCUT2D eigenvalue weighted by atomic mass is 10.2. The highest BCUT2D eigenvalue weighted by molar-refractivity contribution is 9.10. The molecule has 0 atom stereocenters. The summed E-state index contributed by atoms with van der Waals surface area (Å²) in [6.07, 6.45) is 1.45. The molecule has 9 heteroatoms. The number of para-hydroxylation sites is 1. The molecular formula is C20H22BrN3O5. The molecule has 0 unspecified atom stereocenters. The molecular weight excluding hydrogens is 442 g/mol. The second-order valence-electron chi connectivity index (χ2n) is 5.85. The van der Waals surface area contributed by atoms with Crippen molar-refractivity contribution < 1.29 is 23.8 Å². The zero-order valence-corrected chi connectivity index (χ0v) is 17.9. The number of nitrogens with zero attached hydrogens (tertiary/aromatic N) is 1. The van der Waals surface area contributed by atoms with Crippen LogP contribution in [0.3, 0.4) is 0 Å². The van der Waals surface area contributed by atoms with Crippen molar-refractivity contribution in [3.63, 3.8) is 0 Å². The topological polar surface area (TPSA) is 98.2 Å². The van der Waals surface area contributed by atoms with Crippen LogP contribution in [0.2, 0.25) is 0 Å². The average molecular weight is 464 g/mol. The lowest BCUT2D eigenvalue weighted by Crippen LogP contribution is -2.37. The number of ether oxygens (including phenoxy) is 3. The maximum absolute atomic E-state index is 11.8. The first-order valence-corrected chi connectivity index (χ1v) is 9.42. The fraction of sp³-hybridized carbons (Fsp3) is 0.250. The molecule has 2 aromatic rings. The van der Waals surface area contributed by atoms with Crippen molar-refractivity contribution in [1.29, 1.82) is 0 Å². The van der Waals surface area contributed by atoms with Crippen LogP contribution >= 0.6 is 15.9 Å². The van der Waals surface area contributed by atoms with Crippen molar-refractivity contribution in [2.75, 3.05) is 27.4 Å². The summed E-state index contributed by atoms with van der Waals surface area (Å²) in [5.41, 5.74) is 3.95. The van der Waals surface area contributed by atoms with Crippen LogP contribution < -0.4 is 25.0 Å². The number of nitrogens with one attached hydrogen (secondary N) is 2.